The van der Waals surface area contributed by atoms with Crippen molar-refractivity contribution in [2.75, 3.05) is 0 Å². The molecule has 6 nitrogen and oxygen atoms in total. The van der Waals surface area contributed by atoms with Crippen LogP contribution in [0.25, 0.3) is 0 Å². The van der Waals surface area contributed by atoms with Gasteiger partial charge in [-0.25, -0.2) is 0 Å². The van der Waals surface area contributed by atoms with Gasteiger partial charge in [0.25, 0.3) is 0 Å². The summed E-state index contributed by atoms with van der Waals surface area (Å²) in [7, 11) is 0. The molecular weight excluding hydrogens is 492 g/mol. The maximum atomic E-state index is 12.5. The Hall–Kier alpha value is -1.59. The summed E-state index contributed by atoms with van der Waals surface area (Å²) in [6.07, 6.45) is 14.0. The first-order chi connectivity index (χ1) is 18.2. The van der Waals surface area contributed by atoms with Crippen molar-refractivity contribution in [3.05, 3.63) is 0 Å². The van der Waals surface area contributed by atoms with Gasteiger partial charge >= 0.3 is 17.9 Å². The molecule has 1 atom stereocenters. The number of carbonyl (C=O) groups excluding carboxylic acids is 3. The molecule has 0 N–H and O–H groups in total. The topological polar surface area (TPSA) is 78.9 Å². The monoisotopic (exact) mass is 546 g/mol. The zero-order valence-electron chi connectivity index (χ0n) is 25.7. The molecule has 6 aliphatic rings. The van der Waals surface area contributed by atoms with E-state index in [0.29, 0.717) is 24.7 Å². The number of ether oxygens (including phenoxy) is 3. The van der Waals surface area contributed by atoms with Crippen LogP contribution in [-0.2, 0) is 28.6 Å². The van der Waals surface area contributed by atoms with Crippen LogP contribution in [0, 0.1) is 34.5 Å². The summed E-state index contributed by atoms with van der Waals surface area (Å²) in [6.45, 7) is 14.1. The van der Waals surface area contributed by atoms with Gasteiger partial charge in [-0.1, -0.05) is 20.3 Å². The molecular formula is C33H54O6. The fourth-order valence-corrected chi connectivity index (χ4v) is 7.77. The highest BCUT2D eigenvalue weighted by molar-refractivity contribution is 5.77. The molecule has 1 aliphatic heterocycles. The number of rotatable bonds is 7. The molecule has 222 valence electrons. The zero-order valence-corrected chi connectivity index (χ0v) is 25.7. The van der Waals surface area contributed by atoms with E-state index < -0.39 is 11.0 Å². The molecule has 0 spiro atoms. The average Bonchev–Trinajstić information content (AvgIpc) is 3.35. The van der Waals surface area contributed by atoms with E-state index in [1.54, 1.807) is 0 Å². The lowest BCUT2D eigenvalue weighted by Gasteiger charge is -2.59. The lowest BCUT2D eigenvalue weighted by Crippen LogP contribution is -2.58. The molecule has 1 unspecified atom stereocenters. The molecule has 5 saturated carbocycles. The van der Waals surface area contributed by atoms with E-state index in [1.165, 1.54) is 32.1 Å². The Balaban J connectivity index is 0.000000181. The number of hydrogen-bond acceptors (Lipinski definition) is 6. The van der Waals surface area contributed by atoms with Crippen LogP contribution in [0.4, 0.5) is 0 Å². The van der Waals surface area contributed by atoms with E-state index in [4.69, 9.17) is 14.2 Å². The molecule has 0 radical (unpaired) electrons. The highest BCUT2D eigenvalue weighted by Gasteiger charge is 2.57. The standard InChI is InChI=1S/C17H28O2.C16H26O4/c1-5-16(2,3)15(18)19-17(4)13-7-11-6-12(9-13)10-14(17)8-11;1-4-15(2,3)14(18)20-16(10-6-5-7-11-16)12-8-9-13(17)19-12/h11-14H,5-10H2,1-4H3;12H,4-11H2,1-3H3. The van der Waals surface area contributed by atoms with Crippen molar-refractivity contribution >= 4 is 17.9 Å². The number of esters is 3. The van der Waals surface area contributed by atoms with Crippen LogP contribution >= 0.6 is 0 Å². The summed E-state index contributed by atoms with van der Waals surface area (Å²) in [5, 5.41) is 0. The van der Waals surface area contributed by atoms with Gasteiger partial charge in [-0.3, -0.25) is 14.4 Å². The lowest BCUT2D eigenvalue weighted by atomic mass is 9.50. The Morgan fingerprint density at radius 1 is 0.821 bits per heavy atom. The molecule has 4 bridgehead atoms. The zero-order chi connectivity index (χ0) is 28.6. The molecule has 5 aliphatic carbocycles. The summed E-state index contributed by atoms with van der Waals surface area (Å²) in [5.74, 6) is 2.79. The molecule has 6 heteroatoms. The SMILES string of the molecule is CCC(C)(C)C(=O)OC1(C)C2CC3CC(C2)CC1C3.CCC(C)(C)C(=O)OC1(C2CCC(=O)O2)CCCCC1. The third-order valence-electron chi connectivity index (χ3n) is 11.4. The van der Waals surface area contributed by atoms with Gasteiger partial charge in [0.1, 0.15) is 17.3 Å². The largest absolute Gasteiger partial charge is 0.458 e. The van der Waals surface area contributed by atoms with Crippen LogP contribution in [0.15, 0.2) is 0 Å². The van der Waals surface area contributed by atoms with Crippen molar-refractivity contribution in [2.45, 2.75) is 156 Å². The van der Waals surface area contributed by atoms with Gasteiger partial charge in [-0.2, -0.15) is 0 Å². The third-order valence-corrected chi connectivity index (χ3v) is 11.4. The van der Waals surface area contributed by atoms with Crippen molar-refractivity contribution in [1.82, 2.24) is 0 Å². The minimum Gasteiger partial charge on any atom is -0.458 e. The quantitative estimate of drug-likeness (QED) is 0.242. The molecule has 0 aromatic rings. The average molecular weight is 547 g/mol. The maximum absolute atomic E-state index is 12.5. The second-order valence-corrected chi connectivity index (χ2v) is 14.9. The summed E-state index contributed by atoms with van der Waals surface area (Å²) in [6, 6.07) is 0. The van der Waals surface area contributed by atoms with Crippen molar-refractivity contribution in [3.8, 4) is 0 Å². The first kappa shape index (κ1) is 30.4. The van der Waals surface area contributed by atoms with Gasteiger partial charge in [0.2, 0.25) is 0 Å². The van der Waals surface area contributed by atoms with Crippen LogP contribution in [0.1, 0.15) is 138 Å². The summed E-state index contributed by atoms with van der Waals surface area (Å²) < 4.78 is 17.5. The van der Waals surface area contributed by atoms with Gasteiger partial charge in [0, 0.05) is 6.42 Å². The van der Waals surface area contributed by atoms with Crippen LogP contribution < -0.4 is 0 Å². The Morgan fingerprint density at radius 3 is 1.74 bits per heavy atom. The lowest BCUT2D eigenvalue weighted by molar-refractivity contribution is -0.211. The first-order valence-electron chi connectivity index (χ1n) is 15.9. The van der Waals surface area contributed by atoms with E-state index in [0.717, 1.165) is 56.8 Å². The normalized spacial score (nSPS) is 35.1. The Bertz CT molecular complexity index is 883. The predicted octanol–water partition coefficient (Wildman–Crippen LogP) is 7.55. The van der Waals surface area contributed by atoms with Crippen LogP contribution in [0.2, 0.25) is 0 Å². The molecule has 6 rings (SSSR count). The molecule has 0 aromatic heterocycles. The molecule has 1 heterocycles. The minimum atomic E-state index is -0.575. The summed E-state index contributed by atoms with van der Waals surface area (Å²) >= 11 is 0. The summed E-state index contributed by atoms with van der Waals surface area (Å²) in [5.41, 5.74) is -1.56. The fraction of sp³-hybridized carbons (Fsp3) is 0.909. The highest BCUT2D eigenvalue weighted by atomic mass is 16.6. The van der Waals surface area contributed by atoms with Crippen LogP contribution in [0.5, 0.6) is 0 Å². The highest BCUT2D eigenvalue weighted by Crippen LogP contribution is 2.59. The van der Waals surface area contributed by atoms with Gasteiger partial charge < -0.3 is 14.2 Å². The Kier molecular flexibility index (Phi) is 8.84. The van der Waals surface area contributed by atoms with Crippen LogP contribution in [-0.4, -0.2) is 35.2 Å². The first-order valence-corrected chi connectivity index (χ1v) is 15.9. The van der Waals surface area contributed by atoms with Crippen molar-refractivity contribution < 1.29 is 28.6 Å². The second kappa shape index (κ2) is 11.4. The van der Waals surface area contributed by atoms with E-state index in [9.17, 15) is 14.4 Å². The minimum absolute atomic E-state index is 0.0185. The smallest absolute Gasteiger partial charge is 0.312 e. The number of hydrogen-bond donors (Lipinski definition) is 0. The van der Waals surface area contributed by atoms with Gasteiger partial charge in [0.15, 0.2) is 0 Å². The van der Waals surface area contributed by atoms with Crippen molar-refractivity contribution in [3.63, 3.8) is 0 Å². The molecule has 1 saturated heterocycles. The Labute approximate surface area is 236 Å². The maximum Gasteiger partial charge on any atom is 0.312 e. The predicted molar refractivity (Wildman–Crippen MR) is 151 cm³/mol. The van der Waals surface area contributed by atoms with E-state index >= 15 is 0 Å². The number of carbonyl (C=O) groups is 3. The van der Waals surface area contributed by atoms with Crippen molar-refractivity contribution in [2.24, 2.45) is 34.5 Å². The molecule has 6 fully saturated rings. The third kappa shape index (κ3) is 6.20. The van der Waals surface area contributed by atoms with E-state index in [2.05, 4.69) is 13.8 Å². The molecule has 39 heavy (non-hydrogen) atoms. The van der Waals surface area contributed by atoms with Gasteiger partial charge in [0.05, 0.1) is 10.8 Å². The number of cyclic esters (lactones) is 1. The molecule has 0 aromatic carbocycles. The van der Waals surface area contributed by atoms with Gasteiger partial charge in [-0.05, 0) is 135 Å². The van der Waals surface area contributed by atoms with E-state index in [1.807, 2.05) is 34.6 Å². The second-order valence-electron chi connectivity index (χ2n) is 14.9. The van der Waals surface area contributed by atoms with Crippen molar-refractivity contribution in [1.29, 1.82) is 0 Å². The molecule has 0 amide bonds. The fourth-order valence-electron chi connectivity index (χ4n) is 7.77. The van der Waals surface area contributed by atoms with Gasteiger partial charge in [-0.15, -0.1) is 0 Å². The summed E-state index contributed by atoms with van der Waals surface area (Å²) in [4.78, 5) is 36.3. The van der Waals surface area contributed by atoms with Crippen LogP contribution in [0.3, 0.4) is 0 Å². The van der Waals surface area contributed by atoms with E-state index in [-0.39, 0.29) is 35.0 Å². The Morgan fingerprint density at radius 2 is 1.31 bits per heavy atom.